The van der Waals surface area contributed by atoms with Gasteiger partial charge in [-0.1, -0.05) is 54.6 Å². The van der Waals surface area contributed by atoms with E-state index in [9.17, 15) is 0 Å². The Bertz CT molecular complexity index is 1110. The molecule has 2 saturated heterocycles. The van der Waals surface area contributed by atoms with Gasteiger partial charge in [0.25, 0.3) is 0 Å². The molecule has 2 aliphatic heterocycles. The van der Waals surface area contributed by atoms with E-state index in [1.54, 1.807) is 0 Å². The Labute approximate surface area is 172 Å². The maximum Gasteiger partial charge on any atom is 0.0469 e. The van der Waals surface area contributed by atoms with Crippen LogP contribution in [0.3, 0.4) is 0 Å². The van der Waals surface area contributed by atoms with Crippen LogP contribution in [0.15, 0.2) is 54.6 Å². The summed E-state index contributed by atoms with van der Waals surface area (Å²) in [6.07, 6.45) is 2.33. The van der Waals surface area contributed by atoms with Crippen molar-refractivity contribution in [2.45, 2.75) is 18.9 Å². The first-order valence-electron chi connectivity index (χ1n) is 11.1. The van der Waals surface area contributed by atoms with Gasteiger partial charge in [0.1, 0.15) is 0 Å². The van der Waals surface area contributed by atoms with E-state index in [-0.39, 0.29) is 0 Å². The van der Waals surface area contributed by atoms with Gasteiger partial charge in [-0.2, -0.15) is 0 Å². The van der Waals surface area contributed by atoms with Crippen LogP contribution in [-0.2, 0) is 4.74 Å². The zero-order chi connectivity index (χ0) is 19.2. The second kappa shape index (κ2) is 7.24. The van der Waals surface area contributed by atoms with Crippen molar-refractivity contribution in [3.8, 4) is 0 Å². The van der Waals surface area contributed by atoms with Crippen LogP contribution in [-0.4, -0.2) is 44.3 Å². The van der Waals surface area contributed by atoms with Crippen LogP contribution >= 0.6 is 0 Å². The van der Waals surface area contributed by atoms with E-state index >= 15 is 0 Å². The van der Waals surface area contributed by atoms with Gasteiger partial charge in [0.05, 0.1) is 0 Å². The fraction of sp³-hybridized carbons (Fsp3) is 0.385. The first-order chi connectivity index (χ1) is 14.4. The van der Waals surface area contributed by atoms with Crippen LogP contribution in [0.25, 0.3) is 32.3 Å². The van der Waals surface area contributed by atoms with Crippen molar-refractivity contribution in [2.75, 3.05) is 39.4 Å². The van der Waals surface area contributed by atoms with E-state index in [1.165, 1.54) is 37.9 Å². The largest absolute Gasteiger partial charge is 0.381 e. The molecule has 4 aromatic carbocycles. The zero-order valence-electron chi connectivity index (χ0n) is 16.9. The van der Waals surface area contributed by atoms with Crippen molar-refractivity contribution in [3.05, 3.63) is 60.2 Å². The highest BCUT2D eigenvalue weighted by atomic mass is 16.5. The summed E-state index contributed by atoms with van der Waals surface area (Å²) >= 11 is 0. The Hall–Kier alpha value is -2.20. The monoisotopic (exact) mass is 384 g/mol. The molecule has 0 aliphatic carbocycles. The van der Waals surface area contributed by atoms with Gasteiger partial charge in [0.2, 0.25) is 0 Å². The number of nitrogens with one attached hydrogen (secondary N) is 1. The molecule has 0 saturated carbocycles. The van der Waals surface area contributed by atoms with Gasteiger partial charge in [-0.3, -0.25) is 4.90 Å². The lowest BCUT2D eigenvalue weighted by Gasteiger charge is -2.41. The van der Waals surface area contributed by atoms with Crippen molar-refractivity contribution in [1.29, 1.82) is 0 Å². The predicted molar refractivity (Wildman–Crippen MR) is 121 cm³/mol. The molecule has 0 unspecified atom stereocenters. The maximum absolute atomic E-state index is 5.72. The van der Waals surface area contributed by atoms with Gasteiger partial charge < -0.3 is 10.1 Å². The molecule has 2 aliphatic rings. The molecule has 6 rings (SSSR count). The van der Waals surface area contributed by atoms with Crippen LogP contribution in [0.1, 0.15) is 24.4 Å². The molecule has 3 nitrogen and oxygen atoms in total. The fourth-order valence-corrected chi connectivity index (χ4v) is 5.76. The van der Waals surface area contributed by atoms with Crippen LogP contribution in [0.4, 0.5) is 0 Å². The third kappa shape index (κ3) is 2.92. The molecule has 29 heavy (non-hydrogen) atoms. The van der Waals surface area contributed by atoms with Gasteiger partial charge in [-0.05, 0) is 56.6 Å². The molecule has 0 radical (unpaired) electrons. The van der Waals surface area contributed by atoms with Gasteiger partial charge in [0, 0.05) is 45.4 Å². The molecule has 2 heterocycles. The maximum atomic E-state index is 5.72. The number of piperazine rings is 1. The molecule has 0 spiro atoms. The molecule has 0 amide bonds. The Balaban J connectivity index is 1.58. The first kappa shape index (κ1) is 17.6. The van der Waals surface area contributed by atoms with Crippen molar-refractivity contribution >= 4 is 32.3 Å². The molecule has 148 valence electrons. The SMILES string of the molecule is c1cc2ccc3ccc([C@H](C4CCOCC4)N4CCNCC4)c4ccc(c1)c2c34. The van der Waals surface area contributed by atoms with E-state index in [0.29, 0.717) is 12.0 Å². The van der Waals surface area contributed by atoms with Crippen molar-refractivity contribution in [3.63, 3.8) is 0 Å². The molecule has 2 fully saturated rings. The molecule has 0 bridgehead atoms. The van der Waals surface area contributed by atoms with Crippen LogP contribution in [0, 0.1) is 5.92 Å². The average Bonchev–Trinajstić information content (AvgIpc) is 2.80. The van der Waals surface area contributed by atoms with E-state index in [4.69, 9.17) is 4.74 Å². The quantitative estimate of drug-likeness (QED) is 0.506. The second-order valence-electron chi connectivity index (χ2n) is 8.69. The summed E-state index contributed by atoms with van der Waals surface area (Å²) in [6.45, 7) is 6.24. The van der Waals surface area contributed by atoms with Crippen LogP contribution in [0.5, 0.6) is 0 Å². The van der Waals surface area contributed by atoms with Crippen molar-refractivity contribution in [2.24, 2.45) is 5.92 Å². The molecule has 0 aromatic heterocycles. The number of hydrogen-bond donors (Lipinski definition) is 1. The van der Waals surface area contributed by atoms with Gasteiger partial charge in [-0.25, -0.2) is 0 Å². The number of rotatable bonds is 3. The minimum absolute atomic E-state index is 0.477. The minimum Gasteiger partial charge on any atom is -0.381 e. The standard InChI is InChI=1S/C26H28N2O/c1-2-18-4-5-20-7-9-23(22-8-6-19(3-1)24(18)25(20)22)26(21-10-16-29-17-11-21)28-14-12-27-13-15-28/h1-9,21,26-27H,10-17H2/t26-/m0/s1. The minimum atomic E-state index is 0.477. The highest BCUT2D eigenvalue weighted by Gasteiger charge is 2.32. The van der Waals surface area contributed by atoms with E-state index in [2.05, 4.69) is 64.8 Å². The number of hydrogen-bond acceptors (Lipinski definition) is 3. The van der Waals surface area contributed by atoms with Crippen LogP contribution in [0.2, 0.25) is 0 Å². The van der Waals surface area contributed by atoms with Gasteiger partial charge in [0.15, 0.2) is 0 Å². The van der Waals surface area contributed by atoms with Crippen LogP contribution < -0.4 is 5.32 Å². The summed E-state index contributed by atoms with van der Waals surface area (Å²) < 4.78 is 5.72. The smallest absolute Gasteiger partial charge is 0.0469 e. The zero-order valence-corrected chi connectivity index (χ0v) is 16.9. The summed E-state index contributed by atoms with van der Waals surface area (Å²) in [5.41, 5.74) is 1.52. The lowest BCUT2D eigenvalue weighted by Crippen LogP contribution is -2.47. The molecule has 1 N–H and O–H groups in total. The lowest BCUT2D eigenvalue weighted by molar-refractivity contribution is 0.0217. The predicted octanol–water partition coefficient (Wildman–Crippen LogP) is 4.96. The molecule has 3 heteroatoms. The van der Waals surface area contributed by atoms with Gasteiger partial charge in [-0.15, -0.1) is 0 Å². The summed E-state index contributed by atoms with van der Waals surface area (Å²) in [4.78, 5) is 2.73. The van der Waals surface area contributed by atoms with Crippen molar-refractivity contribution < 1.29 is 4.74 Å². The first-order valence-corrected chi connectivity index (χ1v) is 11.1. The lowest BCUT2D eigenvalue weighted by atomic mass is 9.82. The third-order valence-electron chi connectivity index (χ3n) is 7.14. The van der Waals surface area contributed by atoms with E-state index < -0.39 is 0 Å². The molecule has 4 aromatic rings. The Morgan fingerprint density at radius 3 is 2.21 bits per heavy atom. The molecular formula is C26H28N2O. The highest BCUT2D eigenvalue weighted by Crippen LogP contribution is 2.42. The molecular weight excluding hydrogens is 356 g/mol. The summed E-state index contributed by atoms with van der Waals surface area (Å²) in [5, 5.41) is 11.9. The van der Waals surface area contributed by atoms with E-state index in [0.717, 1.165) is 52.2 Å². The Kier molecular flexibility index (Phi) is 4.41. The summed E-state index contributed by atoms with van der Waals surface area (Å²) in [5.74, 6) is 0.667. The highest BCUT2D eigenvalue weighted by molar-refractivity contribution is 6.23. The Morgan fingerprint density at radius 2 is 1.45 bits per heavy atom. The topological polar surface area (TPSA) is 24.5 Å². The van der Waals surface area contributed by atoms with Gasteiger partial charge >= 0.3 is 0 Å². The van der Waals surface area contributed by atoms with Crippen molar-refractivity contribution in [1.82, 2.24) is 10.2 Å². The van der Waals surface area contributed by atoms with E-state index in [1.807, 2.05) is 0 Å². The number of ether oxygens (including phenoxy) is 1. The average molecular weight is 385 g/mol. The normalized spacial score (nSPS) is 20.7. The fourth-order valence-electron chi connectivity index (χ4n) is 5.76. The number of benzene rings is 4. The summed E-state index contributed by atoms with van der Waals surface area (Å²) in [7, 11) is 0. The third-order valence-corrected chi connectivity index (χ3v) is 7.14. The summed E-state index contributed by atoms with van der Waals surface area (Å²) in [6, 6.07) is 21.2. The number of nitrogens with zero attached hydrogens (tertiary/aromatic N) is 1. The Morgan fingerprint density at radius 1 is 0.793 bits per heavy atom. The molecule has 1 atom stereocenters. The second-order valence-corrected chi connectivity index (χ2v) is 8.69.